The Kier molecular flexibility index (Phi) is 11.4. The highest BCUT2D eigenvalue weighted by Crippen LogP contribution is 2.01. The van der Waals surface area contributed by atoms with Gasteiger partial charge in [-0.05, 0) is 0 Å². The number of carboxylic acid groups (broad SMARTS) is 1. The molecule has 0 amide bonds. The molecule has 140 valence electrons. The lowest BCUT2D eigenvalue weighted by Gasteiger charge is -2.16. The molecule has 5 N–H and O–H groups in total. The van der Waals surface area contributed by atoms with Gasteiger partial charge in [-0.1, -0.05) is 0 Å². The number of aliphatic carboxylic acids is 1. The van der Waals surface area contributed by atoms with E-state index in [1.54, 1.807) is 0 Å². The second-order valence-electron chi connectivity index (χ2n) is 4.12. The van der Waals surface area contributed by atoms with Crippen LogP contribution in [0.1, 0.15) is 13.3 Å². The normalized spacial score (nSPS) is 13.2. The quantitative estimate of drug-likeness (QED) is 0.142. The molecule has 0 aromatic rings. The first-order chi connectivity index (χ1) is 11.2. The summed E-state index contributed by atoms with van der Waals surface area (Å²) in [5.74, 6) is -2.31. The summed E-state index contributed by atoms with van der Waals surface area (Å²) < 4.78 is 18.7. The highest BCUT2D eigenvalue weighted by Gasteiger charge is 2.22. The van der Waals surface area contributed by atoms with Gasteiger partial charge in [0, 0.05) is 6.92 Å². The van der Waals surface area contributed by atoms with Gasteiger partial charge in [0.2, 0.25) is 6.29 Å². The van der Waals surface area contributed by atoms with E-state index >= 15 is 0 Å². The van der Waals surface area contributed by atoms with Crippen LogP contribution in [0, 0.1) is 0 Å². The number of carbonyl (C=O) groups excluding carboxylic acids is 2. The summed E-state index contributed by atoms with van der Waals surface area (Å²) in [7, 11) is 0. The number of esters is 1. The van der Waals surface area contributed by atoms with Crippen molar-refractivity contribution in [1.29, 1.82) is 0 Å². The minimum Gasteiger partial charge on any atom is -0.481 e. The SMILES string of the molecule is CC(OC(=O)OCCOCCON(O)O)OC(=O)C(N)CC(=O)O. The molecule has 0 bridgehead atoms. The van der Waals surface area contributed by atoms with Crippen molar-refractivity contribution >= 4 is 18.1 Å². The first-order valence-electron chi connectivity index (χ1n) is 6.62. The summed E-state index contributed by atoms with van der Waals surface area (Å²) in [6.45, 7) is 0.884. The zero-order chi connectivity index (χ0) is 18.5. The van der Waals surface area contributed by atoms with Gasteiger partial charge in [-0.25, -0.2) is 9.63 Å². The fraction of sp³-hybridized carbons (Fsp3) is 0.727. The number of carboxylic acids is 1. The molecule has 0 heterocycles. The molecule has 0 fully saturated rings. The van der Waals surface area contributed by atoms with E-state index < -0.39 is 42.2 Å². The molecule has 13 heteroatoms. The first-order valence-corrected chi connectivity index (χ1v) is 6.62. The molecule has 0 aromatic carbocycles. The Hall–Kier alpha value is -2.03. The van der Waals surface area contributed by atoms with Crippen molar-refractivity contribution in [2.24, 2.45) is 5.73 Å². The molecule has 0 radical (unpaired) electrons. The standard InChI is InChI=1S/C11H20N2O11/c1-7(23-10(16)8(12)6-9(14)15)24-11(17)21-4-2-20-3-5-22-13(18)19/h7-8,18-19H,2-6,12H2,1H3,(H,14,15). The van der Waals surface area contributed by atoms with Crippen LogP contribution in [0.3, 0.4) is 0 Å². The average molecular weight is 356 g/mol. The lowest BCUT2D eigenvalue weighted by molar-refractivity contribution is -0.493. The predicted molar refractivity (Wildman–Crippen MR) is 70.4 cm³/mol. The van der Waals surface area contributed by atoms with Gasteiger partial charge in [-0.15, -0.1) is 0 Å². The highest BCUT2D eigenvalue weighted by molar-refractivity contribution is 5.81. The average Bonchev–Trinajstić information content (AvgIpc) is 2.44. The molecule has 13 nitrogen and oxygen atoms in total. The fourth-order valence-corrected chi connectivity index (χ4v) is 1.18. The molecule has 0 aliphatic rings. The maximum Gasteiger partial charge on any atom is 0.511 e. The summed E-state index contributed by atoms with van der Waals surface area (Å²) >= 11 is 0. The molecule has 0 saturated heterocycles. The van der Waals surface area contributed by atoms with Crippen molar-refractivity contribution in [3.8, 4) is 0 Å². The van der Waals surface area contributed by atoms with E-state index in [9.17, 15) is 14.4 Å². The van der Waals surface area contributed by atoms with Crippen LogP contribution in [0.25, 0.3) is 0 Å². The van der Waals surface area contributed by atoms with E-state index in [2.05, 4.69) is 19.0 Å². The van der Waals surface area contributed by atoms with Crippen LogP contribution in [0.5, 0.6) is 0 Å². The molecule has 0 aliphatic carbocycles. The summed E-state index contributed by atoms with van der Waals surface area (Å²) in [6.07, 6.45) is -3.08. The van der Waals surface area contributed by atoms with E-state index in [-0.39, 0.29) is 26.4 Å². The zero-order valence-corrected chi connectivity index (χ0v) is 12.8. The third kappa shape index (κ3) is 12.5. The Morgan fingerprint density at radius 3 is 2.29 bits per heavy atom. The zero-order valence-electron chi connectivity index (χ0n) is 12.8. The van der Waals surface area contributed by atoms with E-state index in [0.717, 1.165) is 0 Å². The minimum absolute atomic E-state index is 0.00547. The van der Waals surface area contributed by atoms with Gasteiger partial charge < -0.3 is 29.8 Å². The molecule has 0 saturated carbocycles. The van der Waals surface area contributed by atoms with Crippen LogP contribution in [0.15, 0.2) is 0 Å². The van der Waals surface area contributed by atoms with Crippen LogP contribution in [-0.4, -0.2) is 77.8 Å². The van der Waals surface area contributed by atoms with Crippen LogP contribution in [0.2, 0.25) is 0 Å². The predicted octanol–water partition coefficient (Wildman–Crippen LogP) is -1.14. The molecule has 0 spiro atoms. The molecule has 0 aliphatic heterocycles. The van der Waals surface area contributed by atoms with Crippen molar-refractivity contribution < 1.29 is 53.7 Å². The monoisotopic (exact) mass is 356 g/mol. The molecular weight excluding hydrogens is 336 g/mol. The smallest absolute Gasteiger partial charge is 0.481 e. The summed E-state index contributed by atoms with van der Waals surface area (Å²) in [4.78, 5) is 37.2. The summed E-state index contributed by atoms with van der Waals surface area (Å²) in [6, 6.07) is -1.38. The molecule has 2 atom stereocenters. The van der Waals surface area contributed by atoms with Gasteiger partial charge in [0.05, 0.1) is 31.6 Å². The largest absolute Gasteiger partial charge is 0.511 e. The molecule has 2 unspecified atom stereocenters. The minimum atomic E-state index is -1.38. The first kappa shape index (κ1) is 22.0. The van der Waals surface area contributed by atoms with E-state index in [1.165, 1.54) is 6.92 Å². The van der Waals surface area contributed by atoms with Crippen molar-refractivity contribution in [1.82, 2.24) is 5.39 Å². The maximum absolute atomic E-state index is 11.4. The number of carbonyl (C=O) groups is 3. The van der Waals surface area contributed by atoms with Crippen LogP contribution in [0.4, 0.5) is 4.79 Å². The van der Waals surface area contributed by atoms with Crippen molar-refractivity contribution in [3.63, 3.8) is 0 Å². The van der Waals surface area contributed by atoms with Crippen LogP contribution < -0.4 is 5.73 Å². The van der Waals surface area contributed by atoms with Gasteiger partial charge in [-0.3, -0.25) is 20.0 Å². The Morgan fingerprint density at radius 1 is 1.08 bits per heavy atom. The van der Waals surface area contributed by atoms with Gasteiger partial charge in [0.25, 0.3) is 0 Å². The Labute approximate surface area is 136 Å². The summed E-state index contributed by atoms with van der Waals surface area (Å²) in [5, 5.41) is 24.4. The Morgan fingerprint density at radius 2 is 1.71 bits per heavy atom. The molecule has 0 aromatic heterocycles. The fourth-order valence-electron chi connectivity index (χ4n) is 1.18. The molecule has 0 rings (SSSR count). The number of rotatable bonds is 12. The van der Waals surface area contributed by atoms with Crippen molar-refractivity contribution in [3.05, 3.63) is 0 Å². The lowest BCUT2D eigenvalue weighted by Crippen LogP contribution is -2.37. The van der Waals surface area contributed by atoms with E-state index in [1.807, 2.05) is 0 Å². The third-order valence-corrected chi connectivity index (χ3v) is 2.12. The van der Waals surface area contributed by atoms with Gasteiger partial charge >= 0.3 is 18.1 Å². The van der Waals surface area contributed by atoms with Crippen LogP contribution in [-0.2, 0) is 33.4 Å². The molecular formula is C11H20N2O11. The molecule has 24 heavy (non-hydrogen) atoms. The van der Waals surface area contributed by atoms with Crippen LogP contribution >= 0.6 is 0 Å². The third-order valence-electron chi connectivity index (χ3n) is 2.12. The Bertz CT molecular complexity index is 403. The number of hydrogen-bond acceptors (Lipinski definition) is 12. The lowest BCUT2D eigenvalue weighted by atomic mass is 10.2. The number of nitrogens with two attached hydrogens (primary N) is 1. The van der Waals surface area contributed by atoms with Gasteiger partial charge in [0.15, 0.2) is 0 Å². The Balaban J connectivity index is 3.75. The van der Waals surface area contributed by atoms with Crippen molar-refractivity contribution in [2.75, 3.05) is 26.4 Å². The number of ether oxygens (including phenoxy) is 4. The van der Waals surface area contributed by atoms with Gasteiger partial charge in [0.1, 0.15) is 12.6 Å². The van der Waals surface area contributed by atoms with E-state index in [4.69, 9.17) is 26.0 Å². The topological polar surface area (TPSA) is 187 Å². The summed E-state index contributed by atoms with van der Waals surface area (Å²) in [5.41, 5.74) is 5.27. The van der Waals surface area contributed by atoms with E-state index in [0.29, 0.717) is 0 Å². The second-order valence-corrected chi connectivity index (χ2v) is 4.12. The number of nitrogens with zero attached hydrogens (tertiary/aromatic N) is 1. The number of hydrogen-bond donors (Lipinski definition) is 4. The van der Waals surface area contributed by atoms with Gasteiger partial charge in [-0.2, -0.15) is 0 Å². The van der Waals surface area contributed by atoms with Crippen molar-refractivity contribution in [2.45, 2.75) is 25.7 Å². The maximum atomic E-state index is 11.4. The second kappa shape index (κ2) is 12.4. The highest BCUT2D eigenvalue weighted by atomic mass is 17.1.